The van der Waals surface area contributed by atoms with E-state index in [0.717, 1.165) is 39.1 Å². The van der Waals surface area contributed by atoms with Crippen molar-refractivity contribution in [2.45, 2.75) is 25.8 Å². The zero-order chi connectivity index (χ0) is 19.0. The van der Waals surface area contributed by atoms with Crippen LogP contribution in [0.2, 0.25) is 0 Å². The minimum atomic E-state index is 0.109. The molecule has 0 N–H and O–H groups in total. The molecule has 3 aromatic rings. The van der Waals surface area contributed by atoms with E-state index < -0.39 is 0 Å². The number of piperidine rings is 1. The number of rotatable bonds is 3. The summed E-state index contributed by atoms with van der Waals surface area (Å²) in [5, 5.41) is 2.61. The van der Waals surface area contributed by atoms with Crippen molar-refractivity contribution in [1.29, 1.82) is 0 Å². The maximum atomic E-state index is 12.7. The summed E-state index contributed by atoms with van der Waals surface area (Å²) in [5.41, 5.74) is 2.29. The molecule has 0 aliphatic carbocycles. The van der Waals surface area contributed by atoms with Gasteiger partial charge >= 0.3 is 0 Å². The van der Waals surface area contributed by atoms with Gasteiger partial charge in [0.2, 0.25) is 0 Å². The number of hydrogen-bond acceptors (Lipinski definition) is 3. The molecule has 28 heavy (non-hydrogen) atoms. The molecule has 2 saturated heterocycles. The Balaban J connectivity index is 1.27. The van der Waals surface area contributed by atoms with Gasteiger partial charge in [0.15, 0.2) is 0 Å². The second-order valence-electron chi connectivity index (χ2n) is 8.48. The lowest BCUT2D eigenvalue weighted by Crippen LogP contribution is -2.45. The third-order valence-electron chi connectivity index (χ3n) is 6.45. The predicted molar refractivity (Wildman–Crippen MR) is 110 cm³/mol. The molecule has 1 aromatic heterocycles. The van der Waals surface area contributed by atoms with E-state index in [9.17, 15) is 4.79 Å². The number of benzene rings is 2. The van der Waals surface area contributed by atoms with Gasteiger partial charge in [-0.05, 0) is 54.3 Å². The molecule has 1 atom stereocenters. The first-order valence-corrected chi connectivity index (χ1v) is 10.2. The maximum absolute atomic E-state index is 12.7. The largest absolute Gasteiger partial charge is 0.472 e. The quantitative estimate of drug-likeness (QED) is 0.674. The number of hydrogen-bond donors (Lipinski definition) is 0. The average Bonchev–Trinajstić information content (AvgIpc) is 3.38. The van der Waals surface area contributed by atoms with Crippen LogP contribution in [-0.4, -0.2) is 41.9 Å². The maximum Gasteiger partial charge on any atom is 0.257 e. The van der Waals surface area contributed by atoms with Gasteiger partial charge in [-0.1, -0.05) is 36.4 Å². The molecule has 1 amide bonds. The van der Waals surface area contributed by atoms with Gasteiger partial charge < -0.3 is 9.32 Å². The Morgan fingerprint density at radius 2 is 1.89 bits per heavy atom. The molecule has 4 heteroatoms. The highest BCUT2D eigenvalue weighted by Crippen LogP contribution is 2.40. The van der Waals surface area contributed by atoms with Crippen molar-refractivity contribution in [2.24, 2.45) is 5.41 Å². The molecule has 0 saturated carbocycles. The highest BCUT2D eigenvalue weighted by molar-refractivity contribution is 5.94. The van der Waals surface area contributed by atoms with Gasteiger partial charge in [-0.15, -0.1) is 0 Å². The Hall–Kier alpha value is -2.59. The fourth-order valence-corrected chi connectivity index (χ4v) is 5.05. The summed E-state index contributed by atoms with van der Waals surface area (Å²) in [6.45, 7) is 4.93. The van der Waals surface area contributed by atoms with Crippen LogP contribution in [0.5, 0.6) is 0 Å². The Labute approximate surface area is 165 Å². The molecule has 2 aromatic carbocycles. The van der Waals surface area contributed by atoms with E-state index in [1.165, 1.54) is 29.2 Å². The highest BCUT2D eigenvalue weighted by Gasteiger charge is 2.42. The van der Waals surface area contributed by atoms with Crippen molar-refractivity contribution >= 4 is 16.7 Å². The topological polar surface area (TPSA) is 36.7 Å². The van der Waals surface area contributed by atoms with Crippen LogP contribution in [0.1, 0.15) is 35.2 Å². The summed E-state index contributed by atoms with van der Waals surface area (Å²) < 4.78 is 5.09. The number of furan rings is 1. The number of fused-ring (bicyclic) bond motifs is 1. The van der Waals surface area contributed by atoms with Crippen LogP contribution in [0.25, 0.3) is 10.8 Å². The molecule has 0 radical (unpaired) electrons. The second-order valence-corrected chi connectivity index (χ2v) is 8.48. The smallest absolute Gasteiger partial charge is 0.257 e. The number of likely N-dealkylation sites (tertiary alicyclic amines) is 2. The predicted octanol–water partition coefficient (Wildman–Crippen LogP) is 4.56. The molecular weight excluding hydrogens is 348 g/mol. The molecule has 144 valence electrons. The molecule has 1 spiro atoms. The Bertz CT molecular complexity index is 981. The first kappa shape index (κ1) is 17.5. The van der Waals surface area contributed by atoms with E-state index in [2.05, 4.69) is 47.4 Å². The lowest BCUT2D eigenvalue weighted by molar-refractivity contribution is 0.0675. The molecular formula is C24H26N2O2. The van der Waals surface area contributed by atoms with E-state index >= 15 is 0 Å². The first-order chi connectivity index (χ1) is 13.7. The summed E-state index contributed by atoms with van der Waals surface area (Å²) in [7, 11) is 0. The third kappa shape index (κ3) is 3.33. The Morgan fingerprint density at radius 3 is 2.75 bits per heavy atom. The van der Waals surface area contributed by atoms with Crippen LogP contribution in [0.15, 0.2) is 65.5 Å². The van der Waals surface area contributed by atoms with Crippen LogP contribution in [0.4, 0.5) is 0 Å². The van der Waals surface area contributed by atoms with Crippen LogP contribution < -0.4 is 0 Å². The average molecular weight is 374 g/mol. The van der Waals surface area contributed by atoms with Crippen molar-refractivity contribution in [1.82, 2.24) is 9.80 Å². The standard InChI is InChI=1S/C24H26N2O2/c27-23(22-8-13-28-16-22)26-12-10-24(18-26)9-3-11-25(17-24)15-19-6-7-20-4-1-2-5-21(20)14-19/h1-2,4-8,13-14,16H,3,9-12,15,17-18H2. The fourth-order valence-electron chi connectivity index (χ4n) is 5.05. The van der Waals surface area contributed by atoms with Gasteiger partial charge in [0.1, 0.15) is 6.26 Å². The molecule has 4 nitrogen and oxygen atoms in total. The van der Waals surface area contributed by atoms with Crippen molar-refractivity contribution < 1.29 is 9.21 Å². The SMILES string of the molecule is O=C(c1ccoc1)N1CCC2(CCCN(Cc3ccc4ccccc4c3)C2)C1. The number of amides is 1. The second kappa shape index (κ2) is 7.10. The summed E-state index contributed by atoms with van der Waals surface area (Å²) in [6, 6.07) is 17.1. The van der Waals surface area contributed by atoms with Crippen LogP contribution in [-0.2, 0) is 6.54 Å². The van der Waals surface area contributed by atoms with Gasteiger partial charge in [-0.2, -0.15) is 0 Å². The van der Waals surface area contributed by atoms with Crippen molar-refractivity contribution in [3.63, 3.8) is 0 Å². The Kier molecular flexibility index (Phi) is 4.44. The third-order valence-corrected chi connectivity index (χ3v) is 6.45. The van der Waals surface area contributed by atoms with Gasteiger partial charge in [0.05, 0.1) is 11.8 Å². The zero-order valence-electron chi connectivity index (χ0n) is 16.1. The minimum absolute atomic E-state index is 0.109. The lowest BCUT2D eigenvalue weighted by atomic mass is 9.79. The lowest BCUT2D eigenvalue weighted by Gasteiger charge is -2.40. The molecule has 1 unspecified atom stereocenters. The van der Waals surface area contributed by atoms with Gasteiger partial charge in [0.25, 0.3) is 5.91 Å². The van der Waals surface area contributed by atoms with Gasteiger partial charge in [-0.25, -0.2) is 0 Å². The van der Waals surface area contributed by atoms with Crippen molar-refractivity contribution in [3.8, 4) is 0 Å². The molecule has 0 bridgehead atoms. The van der Waals surface area contributed by atoms with Crippen molar-refractivity contribution in [3.05, 3.63) is 72.2 Å². The molecule has 2 fully saturated rings. The minimum Gasteiger partial charge on any atom is -0.472 e. The summed E-state index contributed by atoms with van der Waals surface area (Å²) in [6.07, 6.45) is 6.66. The van der Waals surface area contributed by atoms with Gasteiger partial charge in [-0.3, -0.25) is 9.69 Å². The molecule has 2 aliphatic heterocycles. The monoisotopic (exact) mass is 374 g/mol. The van der Waals surface area contributed by atoms with Crippen LogP contribution in [0.3, 0.4) is 0 Å². The number of carbonyl (C=O) groups is 1. The fraction of sp³-hybridized carbons (Fsp3) is 0.375. The van der Waals surface area contributed by atoms with E-state index in [-0.39, 0.29) is 11.3 Å². The number of nitrogens with zero attached hydrogens (tertiary/aromatic N) is 2. The zero-order valence-corrected chi connectivity index (χ0v) is 16.1. The van der Waals surface area contributed by atoms with Crippen LogP contribution >= 0.6 is 0 Å². The van der Waals surface area contributed by atoms with E-state index in [1.54, 1.807) is 18.6 Å². The summed E-state index contributed by atoms with van der Waals surface area (Å²) >= 11 is 0. The Morgan fingerprint density at radius 1 is 1.00 bits per heavy atom. The van der Waals surface area contributed by atoms with Crippen LogP contribution in [0, 0.1) is 5.41 Å². The van der Waals surface area contributed by atoms with E-state index in [0.29, 0.717) is 5.56 Å². The van der Waals surface area contributed by atoms with E-state index in [1.807, 2.05) is 4.90 Å². The number of carbonyl (C=O) groups excluding carboxylic acids is 1. The first-order valence-electron chi connectivity index (χ1n) is 10.2. The van der Waals surface area contributed by atoms with Crippen molar-refractivity contribution in [2.75, 3.05) is 26.2 Å². The highest BCUT2D eigenvalue weighted by atomic mass is 16.3. The normalized spacial score (nSPS) is 22.9. The molecule has 5 rings (SSSR count). The summed E-state index contributed by atoms with van der Waals surface area (Å²) in [4.78, 5) is 17.3. The summed E-state index contributed by atoms with van der Waals surface area (Å²) in [5.74, 6) is 0.109. The van der Waals surface area contributed by atoms with Gasteiger partial charge in [0, 0.05) is 31.6 Å². The molecule has 3 heterocycles. The molecule has 2 aliphatic rings. The van der Waals surface area contributed by atoms with E-state index in [4.69, 9.17) is 4.42 Å².